The van der Waals surface area contributed by atoms with E-state index in [4.69, 9.17) is 8.85 Å². The fraction of sp³-hybridized carbons (Fsp3) is 0.500. The molecule has 0 radical (unpaired) electrons. The van der Waals surface area contributed by atoms with E-state index in [1.165, 1.54) is 5.19 Å². The summed E-state index contributed by atoms with van der Waals surface area (Å²) in [7, 11) is 1.33. The number of hydrogen-bond acceptors (Lipinski definition) is 2. The van der Waals surface area contributed by atoms with Crippen LogP contribution in [0.25, 0.3) is 0 Å². The molecule has 0 unspecified atom stereocenters. The molecule has 90 valence electrons. The highest BCUT2D eigenvalue weighted by Gasteiger charge is 2.37. The van der Waals surface area contributed by atoms with Crippen molar-refractivity contribution in [3.05, 3.63) is 28.7 Å². The highest BCUT2D eigenvalue weighted by atomic mass is 79.9. The molecule has 0 bridgehead atoms. The maximum absolute atomic E-state index is 5.72. The first kappa shape index (κ1) is 13.9. The van der Waals surface area contributed by atoms with Crippen LogP contribution in [0.1, 0.15) is 19.8 Å². The Kier molecular flexibility index (Phi) is 5.68. The van der Waals surface area contributed by atoms with Crippen LogP contribution in [0, 0.1) is 0 Å². The van der Waals surface area contributed by atoms with E-state index in [1.807, 2.05) is 12.1 Å². The maximum Gasteiger partial charge on any atom is 0.371 e. The van der Waals surface area contributed by atoms with Gasteiger partial charge in [0.2, 0.25) is 0 Å². The van der Waals surface area contributed by atoms with Gasteiger partial charge in [0, 0.05) is 18.7 Å². The zero-order valence-corrected chi connectivity index (χ0v) is 12.7. The highest BCUT2D eigenvalue weighted by molar-refractivity contribution is 9.10. The molecule has 0 amide bonds. The molecular formula is C12H19BrO2Si. The average Bonchev–Trinajstić information content (AvgIpc) is 2.33. The van der Waals surface area contributed by atoms with Crippen molar-refractivity contribution in [1.82, 2.24) is 0 Å². The van der Waals surface area contributed by atoms with Gasteiger partial charge in [-0.2, -0.15) is 0 Å². The Morgan fingerprint density at radius 1 is 1.12 bits per heavy atom. The summed E-state index contributed by atoms with van der Waals surface area (Å²) in [6.07, 6.45) is 2.31. The lowest BCUT2D eigenvalue weighted by molar-refractivity contribution is 0.256. The second kappa shape index (κ2) is 6.54. The molecule has 0 aliphatic heterocycles. The van der Waals surface area contributed by atoms with E-state index >= 15 is 0 Å². The monoisotopic (exact) mass is 302 g/mol. The first-order valence-electron chi connectivity index (χ1n) is 5.55. The standard InChI is InChI=1S/C12H19BrO2Si/c1-4-5-10-16(14-2,15-3)12-8-6-11(13)7-9-12/h6-9H,4-5,10H2,1-3H3. The third-order valence-electron chi connectivity index (χ3n) is 2.80. The van der Waals surface area contributed by atoms with Gasteiger partial charge in [0.25, 0.3) is 0 Å². The zero-order valence-electron chi connectivity index (χ0n) is 10.1. The molecule has 16 heavy (non-hydrogen) atoms. The van der Waals surface area contributed by atoms with Crippen LogP contribution in [0.15, 0.2) is 28.7 Å². The average molecular weight is 303 g/mol. The van der Waals surface area contributed by atoms with E-state index < -0.39 is 8.56 Å². The van der Waals surface area contributed by atoms with E-state index in [0.717, 1.165) is 23.4 Å². The minimum Gasteiger partial charge on any atom is -0.394 e. The lowest BCUT2D eigenvalue weighted by Gasteiger charge is -2.27. The number of benzene rings is 1. The highest BCUT2D eigenvalue weighted by Crippen LogP contribution is 2.17. The Balaban J connectivity index is 2.95. The smallest absolute Gasteiger partial charge is 0.371 e. The van der Waals surface area contributed by atoms with Crippen molar-refractivity contribution in [2.24, 2.45) is 0 Å². The maximum atomic E-state index is 5.72. The molecule has 0 aliphatic carbocycles. The van der Waals surface area contributed by atoms with Crippen LogP contribution in [-0.2, 0) is 8.85 Å². The van der Waals surface area contributed by atoms with Crippen molar-refractivity contribution in [3.8, 4) is 0 Å². The molecule has 1 aromatic carbocycles. The number of rotatable bonds is 6. The molecule has 0 spiro atoms. The topological polar surface area (TPSA) is 18.5 Å². The van der Waals surface area contributed by atoms with Crippen molar-refractivity contribution < 1.29 is 8.85 Å². The van der Waals surface area contributed by atoms with Gasteiger partial charge in [-0.25, -0.2) is 0 Å². The molecule has 2 nitrogen and oxygen atoms in total. The minimum absolute atomic E-state index is 1.01. The Labute approximate surface area is 107 Å². The van der Waals surface area contributed by atoms with Crippen LogP contribution in [0.2, 0.25) is 6.04 Å². The fourth-order valence-corrected chi connectivity index (χ4v) is 4.87. The summed E-state index contributed by atoms with van der Waals surface area (Å²) in [6.45, 7) is 2.19. The summed E-state index contributed by atoms with van der Waals surface area (Å²) in [6, 6.07) is 9.29. The van der Waals surface area contributed by atoms with Gasteiger partial charge in [-0.3, -0.25) is 0 Å². The van der Waals surface area contributed by atoms with Gasteiger partial charge in [0.1, 0.15) is 0 Å². The summed E-state index contributed by atoms with van der Waals surface area (Å²) in [5.41, 5.74) is 0. The molecule has 0 aliphatic rings. The molecule has 0 fully saturated rings. The summed E-state index contributed by atoms with van der Waals surface area (Å²) < 4.78 is 12.5. The van der Waals surface area contributed by atoms with Crippen molar-refractivity contribution >= 4 is 29.7 Å². The predicted molar refractivity (Wildman–Crippen MR) is 73.3 cm³/mol. The summed E-state index contributed by atoms with van der Waals surface area (Å²) in [5, 5.41) is 1.20. The van der Waals surface area contributed by atoms with E-state index in [2.05, 4.69) is 35.0 Å². The molecule has 0 saturated carbocycles. The van der Waals surface area contributed by atoms with Crippen LogP contribution in [0.3, 0.4) is 0 Å². The summed E-state index contributed by atoms with van der Waals surface area (Å²) in [4.78, 5) is 0. The van der Waals surface area contributed by atoms with Gasteiger partial charge in [0.15, 0.2) is 0 Å². The van der Waals surface area contributed by atoms with E-state index in [0.29, 0.717) is 0 Å². The van der Waals surface area contributed by atoms with Gasteiger partial charge >= 0.3 is 8.56 Å². The van der Waals surface area contributed by atoms with E-state index in [9.17, 15) is 0 Å². The zero-order chi connectivity index (χ0) is 12.0. The van der Waals surface area contributed by atoms with E-state index in [1.54, 1.807) is 14.2 Å². The number of halogens is 1. The quantitative estimate of drug-likeness (QED) is 0.751. The van der Waals surface area contributed by atoms with Crippen molar-refractivity contribution in [3.63, 3.8) is 0 Å². The van der Waals surface area contributed by atoms with Crippen molar-refractivity contribution in [2.75, 3.05) is 14.2 Å². The first-order valence-corrected chi connectivity index (χ1v) is 8.36. The van der Waals surface area contributed by atoms with Gasteiger partial charge in [-0.15, -0.1) is 0 Å². The third kappa shape index (κ3) is 3.17. The summed E-state index contributed by atoms with van der Waals surface area (Å²) in [5.74, 6) is 0. The minimum atomic E-state index is -2.18. The molecule has 1 rings (SSSR count). The molecular weight excluding hydrogens is 284 g/mol. The van der Waals surface area contributed by atoms with Gasteiger partial charge in [-0.05, 0) is 23.4 Å². The third-order valence-corrected chi connectivity index (χ3v) is 6.88. The molecule has 0 N–H and O–H groups in total. The largest absolute Gasteiger partial charge is 0.394 e. The molecule has 4 heteroatoms. The van der Waals surface area contributed by atoms with E-state index in [-0.39, 0.29) is 0 Å². The van der Waals surface area contributed by atoms with Crippen LogP contribution >= 0.6 is 15.9 Å². The lowest BCUT2D eigenvalue weighted by atomic mass is 10.4. The molecule has 0 heterocycles. The van der Waals surface area contributed by atoms with Crippen LogP contribution < -0.4 is 5.19 Å². The first-order chi connectivity index (χ1) is 7.68. The molecule has 0 saturated heterocycles. The molecule has 0 atom stereocenters. The van der Waals surface area contributed by atoms with Gasteiger partial charge in [0.05, 0.1) is 0 Å². The number of hydrogen-bond donors (Lipinski definition) is 0. The lowest BCUT2D eigenvalue weighted by Crippen LogP contribution is -2.52. The molecule has 0 aromatic heterocycles. The predicted octanol–water partition coefficient (Wildman–Crippen LogP) is 3.19. The van der Waals surface area contributed by atoms with Crippen LogP contribution in [-0.4, -0.2) is 22.8 Å². The fourth-order valence-electron chi connectivity index (χ4n) is 1.78. The van der Waals surface area contributed by atoms with Crippen molar-refractivity contribution in [1.29, 1.82) is 0 Å². The van der Waals surface area contributed by atoms with Gasteiger partial charge in [-0.1, -0.05) is 47.8 Å². The van der Waals surface area contributed by atoms with Gasteiger partial charge < -0.3 is 8.85 Å². The van der Waals surface area contributed by atoms with Crippen LogP contribution in [0.5, 0.6) is 0 Å². The Bertz CT molecular complexity index is 309. The molecule has 1 aromatic rings. The Morgan fingerprint density at radius 2 is 1.69 bits per heavy atom. The Morgan fingerprint density at radius 3 is 2.12 bits per heavy atom. The normalized spacial score (nSPS) is 11.8. The van der Waals surface area contributed by atoms with Crippen molar-refractivity contribution in [2.45, 2.75) is 25.8 Å². The second-order valence-electron chi connectivity index (χ2n) is 3.77. The van der Waals surface area contributed by atoms with Crippen LogP contribution in [0.4, 0.5) is 0 Å². The second-order valence-corrected chi connectivity index (χ2v) is 8.09. The Hall–Kier alpha value is -0.163. The number of unbranched alkanes of at least 4 members (excludes halogenated alkanes) is 1. The SMILES string of the molecule is CCCC[Si](OC)(OC)c1ccc(Br)cc1. The summed E-state index contributed by atoms with van der Waals surface area (Å²) >= 11 is 3.44.